The Kier molecular flexibility index (Phi) is 7.57. The second-order valence-corrected chi connectivity index (χ2v) is 9.69. The van der Waals surface area contributed by atoms with Gasteiger partial charge in [0.2, 0.25) is 5.91 Å². The number of amides is 2. The van der Waals surface area contributed by atoms with E-state index in [4.69, 9.17) is 23.2 Å². The average Bonchev–Trinajstić information content (AvgIpc) is 3.10. The van der Waals surface area contributed by atoms with Gasteiger partial charge in [-0.25, -0.2) is 0 Å². The fraction of sp³-hybridized carbons (Fsp3) is 0.429. The van der Waals surface area contributed by atoms with E-state index in [0.717, 1.165) is 24.0 Å². The van der Waals surface area contributed by atoms with E-state index in [1.807, 2.05) is 30.9 Å². The summed E-state index contributed by atoms with van der Waals surface area (Å²) in [6, 6.07) is 10.2. The van der Waals surface area contributed by atoms with Crippen molar-refractivity contribution in [3.8, 4) is 0 Å². The van der Waals surface area contributed by atoms with E-state index in [9.17, 15) is 9.59 Å². The Morgan fingerprint density at radius 1 is 1.07 bits per heavy atom. The normalized spacial score (nSPS) is 16.1. The molecule has 1 aromatic heterocycles. The monoisotopic (exact) mass is 453 g/mol. The molecular formula is C21H25Cl2N3O2S. The predicted octanol–water partition coefficient (Wildman–Crippen LogP) is 4.15. The number of hydrogen-bond donors (Lipinski definition) is 1. The predicted molar refractivity (Wildman–Crippen MR) is 119 cm³/mol. The number of carbonyl (C=O) groups is 2. The first kappa shape index (κ1) is 22.1. The highest BCUT2D eigenvalue weighted by Crippen LogP contribution is 2.23. The summed E-state index contributed by atoms with van der Waals surface area (Å²) in [5, 5.41) is 3.26. The summed E-state index contributed by atoms with van der Waals surface area (Å²) < 4.78 is 0.794. The van der Waals surface area contributed by atoms with E-state index in [1.54, 1.807) is 35.6 Å². The van der Waals surface area contributed by atoms with Crippen LogP contribution in [0.1, 0.15) is 29.1 Å². The molecule has 0 bridgehead atoms. The van der Waals surface area contributed by atoms with Gasteiger partial charge in [-0.05, 0) is 30.2 Å². The molecule has 2 amide bonds. The zero-order chi connectivity index (χ0) is 21.0. The third-order valence-corrected chi connectivity index (χ3v) is 6.58. The lowest BCUT2D eigenvalue weighted by atomic mass is 10.0. The van der Waals surface area contributed by atoms with Gasteiger partial charge in [-0.3, -0.25) is 14.5 Å². The van der Waals surface area contributed by atoms with Crippen molar-refractivity contribution in [1.82, 2.24) is 15.1 Å². The minimum absolute atomic E-state index is 0.0276. The lowest BCUT2D eigenvalue weighted by molar-refractivity contribution is -0.136. The molecule has 1 aromatic carbocycles. The van der Waals surface area contributed by atoms with Gasteiger partial charge in [0.1, 0.15) is 6.04 Å². The minimum Gasteiger partial charge on any atom is -0.340 e. The van der Waals surface area contributed by atoms with E-state index >= 15 is 0 Å². The highest BCUT2D eigenvalue weighted by atomic mass is 35.5. The van der Waals surface area contributed by atoms with E-state index in [2.05, 4.69) is 10.2 Å². The SMILES string of the molecule is CC(C)[C@H](NC(=O)c1ccccc1Cl)C(=O)N1CCN(Cc2ccc(Cl)s2)CC1. The van der Waals surface area contributed by atoms with Crippen LogP contribution in [0, 0.1) is 5.92 Å². The van der Waals surface area contributed by atoms with E-state index in [1.165, 1.54) is 4.88 Å². The molecule has 0 spiro atoms. The van der Waals surface area contributed by atoms with Crippen molar-refractivity contribution in [2.24, 2.45) is 5.92 Å². The van der Waals surface area contributed by atoms with Crippen LogP contribution in [-0.2, 0) is 11.3 Å². The van der Waals surface area contributed by atoms with Crippen LogP contribution in [0.3, 0.4) is 0 Å². The Balaban J connectivity index is 1.58. The number of thiophene rings is 1. The molecule has 0 saturated carbocycles. The Bertz CT molecular complexity index is 863. The second kappa shape index (κ2) is 9.94. The molecule has 29 heavy (non-hydrogen) atoms. The van der Waals surface area contributed by atoms with E-state index in [-0.39, 0.29) is 17.7 Å². The molecule has 1 atom stereocenters. The zero-order valence-corrected chi connectivity index (χ0v) is 18.9. The molecule has 8 heteroatoms. The van der Waals surface area contributed by atoms with Crippen molar-refractivity contribution in [3.05, 3.63) is 56.2 Å². The molecule has 1 aliphatic heterocycles. The summed E-state index contributed by atoms with van der Waals surface area (Å²) in [5.74, 6) is -0.393. The van der Waals surface area contributed by atoms with Crippen molar-refractivity contribution in [3.63, 3.8) is 0 Å². The Morgan fingerprint density at radius 3 is 2.34 bits per heavy atom. The number of rotatable bonds is 6. The molecule has 3 rings (SSSR count). The van der Waals surface area contributed by atoms with E-state index < -0.39 is 6.04 Å². The highest BCUT2D eigenvalue weighted by Gasteiger charge is 2.31. The Morgan fingerprint density at radius 2 is 1.76 bits per heavy atom. The molecule has 0 aliphatic carbocycles. The summed E-state index contributed by atoms with van der Waals surface area (Å²) in [6.07, 6.45) is 0. The van der Waals surface area contributed by atoms with Crippen molar-refractivity contribution < 1.29 is 9.59 Å². The molecule has 0 unspecified atom stereocenters. The van der Waals surface area contributed by atoms with E-state index in [0.29, 0.717) is 23.7 Å². The van der Waals surface area contributed by atoms with Crippen LogP contribution in [0.2, 0.25) is 9.36 Å². The van der Waals surface area contributed by atoms with Crippen LogP contribution in [0.5, 0.6) is 0 Å². The maximum atomic E-state index is 13.1. The molecule has 5 nitrogen and oxygen atoms in total. The third-order valence-electron chi connectivity index (χ3n) is 5.03. The molecule has 2 heterocycles. The fourth-order valence-electron chi connectivity index (χ4n) is 3.36. The van der Waals surface area contributed by atoms with Gasteiger partial charge in [-0.2, -0.15) is 0 Å². The van der Waals surface area contributed by atoms with Gasteiger partial charge in [0.25, 0.3) is 5.91 Å². The number of carbonyl (C=O) groups excluding carboxylic acids is 2. The van der Waals surface area contributed by atoms with Crippen LogP contribution < -0.4 is 5.32 Å². The third kappa shape index (κ3) is 5.72. The fourth-order valence-corrected chi connectivity index (χ4v) is 4.71. The average molecular weight is 454 g/mol. The summed E-state index contributed by atoms with van der Waals surface area (Å²) in [7, 11) is 0. The summed E-state index contributed by atoms with van der Waals surface area (Å²) in [5.41, 5.74) is 0.382. The minimum atomic E-state index is -0.582. The smallest absolute Gasteiger partial charge is 0.253 e. The molecule has 1 aliphatic rings. The van der Waals surface area contributed by atoms with Gasteiger partial charge in [0.05, 0.1) is 14.9 Å². The van der Waals surface area contributed by atoms with Gasteiger partial charge in [0, 0.05) is 37.6 Å². The number of halogens is 2. The maximum Gasteiger partial charge on any atom is 0.253 e. The summed E-state index contributed by atoms with van der Waals surface area (Å²) in [4.78, 5) is 31.1. The van der Waals surface area contributed by atoms with Gasteiger partial charge in [-0.15, -0.1) is 11.3 Å². The van der Waals surface area contributed by atoms with Gasteiger partial charge in [0.15, 0.2) is 0 Å². The molecule has 1 fully saturated rings. The molecule has 1 N–H and O–H groups in total. The van der Waals surface area contributed by atoms with Crippen molar-refractivity contribution in [1.29, 1.82) is 0 Å². The van der Waals surface area contributed by atoms with Crippen molar-refractivity contribution >= 4 is 46.4 Å². The number of hydrogen-bond acceptors (Lipinski definition) is 4. The number of nitrogens with zero attached hydrogens (tertiary/aromatic N) is 2. The molecule has 2 aromatic rings. The molecular weight excluding hydrogens is 429 g/mol. The van der Waals surface area contributed by atoms with Crippen LogP contribution in [0.4, 0.5) is 0 Å². The number of benzene rings is 1. The maximum absolute atomic E-state index is 13.1. The van der Waals surface area contributed by atoms with Gasteiger partial charge < -0.3 is 10.2 Å². The molecule has 1 saturated heterocycles. The van der Waals surface area contributed by atoms with Gasteiger partial charge >= 0.3 is 0 Å². The van der Waals surface area contributed by atoms with Crippen LogP contribution in [-0.4, -0.2) is 53.8 Å². The van der Waals surface area contributed by atoms with Crippen LogP contribution >= 0.6 is 34.5 Å². The quantitative estimate of drug-likeness (QED) is 0.714. The topological polar surface area (TPSA) is 52.7 Å². The first-order valence-electron chi connectivity index (χ1n) is 9.66. The summed E-state index contributed by atoms with van der Waals surface area (Å²) in [6.45, 7) is 7.59. The first-order valence-corrected chi connectivity index (χ1v) is 11.2. The molecule has 0 radical (unpaired) electrons. The van der Waals surface area contributed by atoms with Gasteiger partial charge in [-0.1, -0.05) is 49.2 Å². The van der Waals surface area contributed by atoms with Crippen molar-refractivity contribution in [2.45, 2.75) is 26.4 Å². The summed E-state index contributed by atoms with van der Waals surface area (Å²) >= 11 is 13.7. The first-order chi connectivity index (χ1) is 13.8. The second-order valence-electron chi connectivity index (χ2n) is 7.48. The number of nitrogens with one attached hydrogen (secondary N) is 1. The van der Waals surface area contributed by atoms with Crippen molar-refractivity contribution in [2.75, 3.05) is 26.2 Å². The lowest BCUT2D eigenvalue weighted by Crippen LogP contribution is -2.56. The highest BCUT2D eigenvalue weighted by molar-refractivity contribution is 7.16. The largest absolute Gasteiger partial charge is 0.340 e. The molecule has 156 valence electrons. The Labute approximate surface area is 185 Å². The number of piperazine rings is 1. The zero-order valence-electron chi connectivity index (χ0n) is 16.5. The van der Waals surface area contributed by atoms with Crippen LogP contribution in [0.15, 0.2) is 36.4 Å². The lowest BCUT2D eigenvalue weighted by Gasteiger charge is -2.37. The standard InChI is InChI=1S/C21H25Cl2N3O2S/c1-14(2)19(24-20(27)16-5-3-4-6-17(16)22)21(28)26-11-9-25(10-12-26)13-15-7-8-18(23)29-15/h3-8,14,19H,9-13H2,1-2H3,(H,24,27)/t19-/m0/s1. The Hall–Kier alpha value is -1.60. The van der Waals surface area contributed by atoms with Crippen LogP contribution in [0.25, 0.3) is 0 Å².